The second-order valence-corrected chi connectivity index (χ2v) is 23.1. The first kappa shape index (κ1) is 69.1. The molecule has 15 atom stereocenters. The first-order valence-corrected chi connectivity index (χ1v) is 29.4. The first-order valence-electron chi connectivity index (χ1n) is 29.4. The quantitative estimate of drug-likeness (QED) is 0.0440. The Morgan fingerprint density at radius 2 is 1.30 bits per heavy atom. The van der Waals surface area contributed by atoms with E-state index in [1.807, 2.05) is 5.32 Å². The minimum atomic E-state index is -2.19. The van der Waals surface area contributed by atoms with Gasteiger partial charge in [-0.1, -0.05) is 57.2 Å². The number of hydrogen-bond donors (Lipinski definition) is 17. The summed E-state index contributed by atoms with van der Waals surface area (Å²) < 4.78 is 5.75. The summed E-state index contributed by atoms with van der Waals surface area (Å²) in [6.07, 6.45) is -5.75. The number of aliphatic carboxylic acids is 1. The van der Waals surface area contributed by atoms with Crippen LogP contribution in [-0.4, -0.2) is 233 Å². The van der Waals surface area contributed by atoms with Crippen LogP contribution in [0.15, 0.2) is 66.6 Å². The zero-order valence-electron chi connectivity index (χ0n) is 50.5. The van der Waals surface area contributed by atoms with Gasteiger partial charge in [-0.15, -0.1) is 0 Å². The number of carboxylic acid groups (broad SMARTS) is 1. The summed E-state index contributed by atoms with van der Waals surface area (Å²) in [5.74, 6) is -16.5. The number of nitrogens with one attached hydrogen (secondary N) is 10. The average Bonchev–Trinajstić information content (AvgIpc) is 1.78. The summed E-state index contributed by atoms with van der Waals surface area (Å²) >= 11 is 0. The Hall–Kier alpha value is -9.34. The highest BCUT2D eigenvalue weighted by molar-refractivity contribution is 6.07. The molecule has 18 N–H and O–H groups in total. The van der Waals surface area contributed by atoms with Gasteiger partial charge in [0, 0.05) is 58.8 Å². The zero-order chi connectivity index (χ0) is 66.9. The number of carbonyl (C=O) groups excluding carboxylic acids is 11. The van der Waals surface area contributed by atoms with E-state index in [1.54, 1.807) is 61.7 Å². The van der Waals surface area contributed by atoms with Crippen molar-refractivity contribution in [1.29, 1.82) is 0 Å². The highest BCUT2D eigenvalue weighted by Gasteiger charge is 2.48. The Morgan fingerprint density at radius 3 is 1.93 bits per heavy atom. The minimum Gasteiger partial charge on any atom is -0.481 e. The second kappa shape index (κ2) is 30.0. The topological polar surface area (TPSA) is 496 Å². The molecule has 1 unspecified atom stereocenters. The minimum absolute atomic E-state index is 0.166. The number of hydrogen-bond acceptors (Lipinski definition) is 19. The number of esters is 1. The molecule has 3 aliphatic heterocycles. The summed E-state index contributed by atoms with van der Waals surface area (Å²) in [5.41, 5.74) is 7.08. The Kier molecular flexibility index (Phi) is 22.8. The van der Waals surface area contributed by atoms with E-state index in [-0.39, 0.29) is 19.4 Å². The Balaban J connectivity index is 1.33. The number of aliphatic hydroxyl groups is 5. The molecule has 5 heterocycles. The molecule has 492 valence electrons. The third kappa shape index (κ3) is 16.2. The number of aromatic nitrogens is 2. The molecule has 2 aromatic heterocycles. The predicted molar refractivity (Wildman–Crippen MR) is 319 cm³/mol. The predicted octanol–water partition coefficient (Wildman–Crippen LogP) is -4.98. The summed E-state index contributed by atoms with van der Waals surface area (Å²) in [7, 11) is 0. The van der Waals surface area contributed by atoms with Gasteiger partial charge < -0.3 is 103 Å². The summed E-state index contributed by atoms with van der Waals surface area (Å²) in [6.45, 7) is 5.17. The van der Waals surface area contributed by atoms with Crippen molar-refractivity contribution < 1.29 is 92.9 Å². The van der Waals surface area contributed by atoms with Crippen molar-refractivity contribution in [2.45, 2.75) is 152 Å². The van der Waals surface area contributed by atoms with Gasteiger partial charge in [0.2, 0.25) is 53.2 Å². The standard InChI is InChI=1S/C59H77N13O19/c1-25(2)49(80)46-56(87)67-43(26(3)33-22-62-36-14-10-8-12-32(33)36)53(84)65-37(19-30-21-61-35-13-9-7-11-31(30)35)58(89)72-18-16-40(76)48(72)59(90)91-29(6)45(69-52(83)38(24-73)66-51(82)34(60)20-42(78)79)55(86)68-44(28(5)74)54(85)64-27(4)50(81)63-23-41(77)71-17-15-39(75)47(71)57(88)70-46/h7-14,19,21-22,25-29,34,38-40,43-49,61-62,73-76,80H,15-18,20,23-24,60H2,1-6H3,(H,63,81)(H,64,85)(H,65,84)(H,66,82)(H,67,87)(H,68,86)(H,69,83)(H,70,88)(H,78,79)/b37-19-/t26?,27-,28+,29+,34-,38-,39-,40+,43-,44-,45-,46-,47-,48-,49-/m0/s1. The number of carboxylic acids is 1. The molecule has 7 rings (SSSR count). The van der Waals surface area contributed by atoms with Crippen molar-refractivity contribution in [2.24, 2.45) is 11.7 Å². The number of nitrogens with zero attached hydrogens (tertiary/aromatic N) is 2. The highest BCUT2D eigenvalue weighted by atomic mass is 16.5. The summed E-state index contributed by atoms with van der Waals surface area (Å²) in [6, 6.07) is -3.00. The van der Waals surface area contributed by atoms with Crippen molar-refractivity contribution in [3.05, 3.63) is 77.7 Å². The van der Waals surface area contributed by atoms with Gasteiger partial charge in [-0.05, 0) is 63.3 Å². The lowest BCUT2D eigenvalue weighted by atomic mass is 9.91. The SMILES string of the molecule is CC(c1c[nH]c2ccccc12)[C@@H]1NC(=O)[C@H]([C@@H](O)C(C)C)NC(=O)[C@@H]2[C@@H](O)CCN2C(=O)CNC(=O)[C@H](C)NC(=O)[C@H]([C@@H](C)O)NC(=O)[C@@H](NC(=O)[C@H](CO)NC(=O)[C@@H](N)CC(=O)O)[C@@H](C)OC(=O)[C@@H]2[C@H](O)CCN2C(=O)/C(=C/c2c[nH]c3ccccc23)NC1=O. The number of aromatic amines is 2. The van der Waals surface area contributed by atoms with Crippen LogP contribution in [0.3, 0.4) is 0 Å². The molecule has 4 aromatic rings. The van der Waals surface area contributed by atoms with Gasteiger partial charge in [0.25, 0.3) is 5.91 Å². The number of amides is 10. The van der Waals surface area contributed by atoms with E-state index in [9.17, 15) is 78.6 Å². The van der Waals surface area contributed by atoms with Crippen LogP contribution in [0.4, 0.5) is 0 Å². The molecule has 0 radical (unpaired) electrons. The van der Waals surface area contributed by atoms with Crippen LogP contribution >= 0.6 is 0 Å². The van der Waals surface area contributed by atoms with E-state index in [4.69, 9.17) is 10.5 Å². The average molecular weight is 1270 g/mol. The number of fused-ring (bicyclic) bond motifs is 4. The van der Waals surface area contributed by atoms with Crippen LogP contribution in [0.1, 0.15) is 77.8 Å². The Labute approximate surface area is 519 Å². The molecule has 0 aliphatic carbocycles. The van der Waals surface area contributed by atoms with Gasteiger partial charge in [-0.3, -0.25) is 52.7 Å². The van der Waals surface area contributed by atoms with Crippen molar-refractivity contribution in [2.75, 3.05) is 26.2 Å². The van der Waals surface area contributed by atoms with Gasteiger partial charge in [0.1, 0.15) is 54.1 Å². The molecule has 0 bridgehead atoms. The van der Waals surface area contributed by atoms with Crippen LogP contribution < -0.4 is 48.3 Å². The first-order chi connectivity index (χ1) is 43.0. The monoisotopic (exact) mass is 1270 g/mol. The lowest BCUT2D eigenvalue weighted by Crippen LogP contribution is -2.64. The van der Waals surface area contributed by atoms with Gasteiger partial charge in [0.05, 0.1) is 50.0 Å². The molecule has 0 saturated carbocycles. The number of carbonyl (C=O) groups is 12. The summed E-state index contributed by atoms with van der Waals surface area (Å²) in [5, 5.41) is 84.7. The van der Waals surface area contributed by atoms with E-state index in [1.165, 1.54) is 26.1 Å². The van der Waals surface area contributed by atoms with Crippen molar-refractivity contribution in [3.63, 3.8) is 0 Å². The fourth-order valence-electron chi connectivity index (χ4n) is 10.9. The number of ether oxygens (including phenoxy) is 1. The molecule has 32 nitrogen and oxygen atoms in total. The normalized spacial score (nSPS) is 27.0. The van der Waals surface area contributed by atoms with Crippen molar-refractivity contribution >= 4 is 98.9 Å². The molecule has 32 heteroatoms. The number of H-pyrrole nitrogens is 2. The number of aliphatic hydroxyl groups excluding tert-OH is 5. The zero-order valence-corrected chi connectivity index (χ0v) is 50.5. The Morgan fingerprint density at radius 1 is 0.714 bits per heavy atom. The molecule has 3 aliphatic rings. The number of para-hydroxylation sites is 2. The maximum Gasteiger partial charge on any atom is 0.331 e. The molecule has 0 spiro atoms. The smallest absolute Gasteiger partial charge is 0.331 e. The number of nitrogens with two attached hydrogens (primary N) is 1. The molecule has 3 saturated heterocycles. The van der Waals surface area contributed by atoms with Gasteiger partial charge in [0.15, 0.2) is 6.04 Å². The van der Waals surface area contributed by atoms with E-state index in [0.717, 1.165) is 30.6 Å². The van der Waals surface area contributed by atoms with E-state index in [0.29, 0.717) is 32.9 Å². The summed E-state index contributed by atoms with van der Waals surface area (Å²) in [4.78, 5) is 177. The van der Waals surface area contributed by atoms with Gasteiger partial charge in [-0.2, -0.15) is 0 Å². The number of rotatable bonds is 13. The molecule has 2 aromatic carbocycles. The lowest BCUT2D eigenvalue weighted by molar-refractivity contribution is -0.162. The third-order valence-corrected chi connectivity index (χ3v) is 16.2. The molecular formula is C59H77N13O19. The van der Waals surface area contributed by atoms with Gasteiger partial charge in [-0.25, -0.2) is 4.79 Å². The Bertz CT molecular complexity index is 3460. The maximum atomic E-state index is 15.4. The second-order valence-electron chi connectivity index (χ2n) is 23.1. The molecule has 10 amide bonds. The number of cyclic esters (lactones) is 1. The third-order valence-electron chi connectivity index (χ3n) is 16.2. The highest BCUT2D eigenvalue weighted by Crippen LogP contribution is 2.30. The van der Waals surface area contributed by atoms with Crippen LogP contribution in [0.5, 0.6) is 0 Å². The van der Waals surface area contributed by atoms with Crippen molar-refractivity contribution in [3.8, 4) is 0 Å². The largest absolute Gasteiger partial charge is 0.481 e. The van der Waals surface area contributed by atoms with E-state index in [2.05, 4.69) is 47.2 Å². The van der Waals surface area contributed by atoms with Crippen LogP contribution in [0.2, 0.25) is 0 Å². The van der Waals surface area contributed by atoms with Crippen molar-refractivity contribution in [1.82, 2.24) is 62.3 Å². The maximum absolute atomic E-state index is 15.4. The molecule has 91 heavy (non-hydrogen) atoms. The molecular weight excluding hydrogens is 1190 g/mol. The van der Waals surface area contributed by atoms with Gasteiger partial charge >= 0.3 is 11.9 Å². The van der Waals surface area contributed by atoms with Crippen LogP contribution in [0, 0.1) is 5.92 Å². The lowest BCUT2D eigenvalue weighted by Gasteiger charge is -2.33. The van der Waals surface area contributed by atoms with Crippen LogP contribution in [-0.2, 0) is 62.3 Å². The fourth-order valence-corrected chi connectivity index (χ4v) is 10.9. The number of benzene rings is 2. The van der Waals surface area contributed by atoms with Crippen LogP contribution in [0.25, 0.3) is 27.9 Å². The fraction of sp³-hybridized carbons (Fsp3) is 0.492. The van der Waals surface area contributed by atoms with E-state index >= 15 is 9.59 Å². The molecule has 3 fully saturated rings. The van der Waals surface area contributed by atoms with E-state index < -0.39 is 200 Å².